The van der Waals surface area contributed by atoms with E-state index in [9.17, 15) is 4.39 Å². The number of thiophene rings is 1. The smallest absolute Gasteiger partial charge is 0.224 e. The summed E-state index contributed by atoms with van der Waals surface area (Å²) in [4.78, 5) is 8.78. The Morgan fingerprint density at radius 2 is 2.27 bits per heavy atom. The normalized spacial score (nSPS) is 19.2. The predicted molar refractivity (Wildman–Crippen MR) is 103 cm³/mol. The summed E-state index contributed by atoms with van der Waals surface area (Å²) in [6, 6.07) is 3.01. The number of hydrogen-bond donors (Lipinski definition) is 1. The van der Waals surface area contributed by atoms with Gasteiger partial charge >= 0.3 is 0 Å². The lowest BCUT2D eigenvalue weighted by Crippen LogP contribution is -2.27. The first-order valence-electron chi connectivity index (χ1n) is 8.10. The zero-order valence-corrected chi connectivity index (χ0v) is 16.4. The number of aryl methyl sites for hydroxylation is 1. The van der Waals surface area contributed by atoms with Crippen LogP contribution in [0.4, 0.5) is 15.1 Å². The molecule has 0 saturated carbocycles. The third kappa shape index (κ3) is 2.63. The van der Waals surface area contributed by atoms with Crippen LogP contribution in [0.3, 0.4) is 0 Å². The van der Waals surface area contributed by atoms with Gasteiger partial charge in [-0.25, -0.2) is 14.5 Å². The fourth-order valence-corrected chi connectivity index (χ4v) is 5.24. The van der Waals surface area contributed by atoms with Crippen molar-refractivity contribution < 1.29 is 4.39 Å². The molecule has 0 radical (unpaired) electrons. The molecule has 0 fully saturated rings. The molecule has 132 valence electrons. The molecule has 2 N–H and O–H groups in total. The van der Waals surface area contributed by atoms with E-state index in [0.717, 1.165) is 30.4 Å². The van der Waals surface area contributed by atoms with Crippen molar-refractivity contribution >= 4 is 38.0 Å². The lowest BCUT2D eigenvalue weighted by Gasteiger charge is -2.34. The summed E-state index contributed by atoms with van der Waals surface area (Å²) in [7, 11) is 0. The number of rotatable bonds is 2. The van der Waals surface area contributed by atoms with Crippen molar-refractivity contribution in [1.29, 1.82) is 0 Å². The second-order valence-corrected chi connectivity index (χ2v) is 8.60. The highest BCUT2D eigenvalue weighted by Gasteiger charge is 2.39. The molecule has 26 heavy (non-hydrogen) atoms. The minimum atomic E-state index is -0.571. The molecule has 5 nitrogen and oxygen atoms in total. The second kappa shape index (κ2) is 6.18. The molecular formula is C18H15BrFN5S. The van der Waals surface area contributed by atoms with Crippen LogP contribution in [-0.4, -0.2) is 14.8 Å². The molecule has 4 rings (SSSR count). The molecule has 8 heteroatoms. The van der Waals surface area contributed by atoms with E-state index in [2.05, 4.69) is 37.8 Å². The lowest BCUT2D eigenvalue weighted by atomic mass is 9.70. The van der Waals surface area contributed by atoms with Gasteiger partial charge in [0.25, 0.3) is 0 Å². The minimum absolute atomic E-state index is 0.343. The summed E-state index contributed by atoms with van der Waals surface area (Å²) < 4.78 is 15.8. The average molecular weight is 432 g/mol. The topological polar surface area (TPSA) is 61.1 Å². The zero-order valence-electron chi connectivity index (χ0n) is 14.0. The summed E-state index contributed by atoms with van der Waals surface area (Å²) in [6.07, 6.45) is 6.52. The highest BCUT2D eigenvalue weighted by Crippen LogP contribution is 2.52. The summed E-state index contributed by atoms with van der Waals surface area (Å²) in [5, 5.41) is 4.97. The molecule has 0 amide bonds. The van der Waals surface area contributed by atoms with E-state index in [1.165, 1.54) is 22.3 Å². The molecule has 3 heterocycles. The van der Waals surface area contributed by atoms with Crippen molar-refractivity contribution in [2.45, 2.75) is 31.6 Å². The molecule has 1 unspecified atom stereocenters. The van der Waals surface area contributed by atoms with E-state index < -0.39 is 5.95 Å². The van der Waals surface area contributed by atoms with E-state index >= 15 is 0 Å². The van der Waals surface area contributed by atoms with Gasteiger partial charge in [-0.15, -0.1) is 11.3 Å². The first kappa shape index (κ1) is 17.2. The highest BCUT2D eigenvalue weighted by molar-refractivity contribution is 9.10. The summed E-state index contributed by atoms with van der Waals surface area (Å²) in [5.74, 6) is -0.170. The Morgan fingerprint density at radius 3 is 3.00 bits per heavy atom. The van der Waals surface area contributed by atoms with Crippen molar-refractivity contribution in [3.05, 3.63) is 62.4 Å². The maximum atomic E-state index is 13.6. The van der Waals surface area contributed by atoms with Crippen molar-refractivity contribution in [3.8, 4) is 5.82 Å². The van der Waals surface area contributed by atoms with Gasteiger partial charge in [-0.2, -0.15) is 9.49 Å². The number of nitrogen functional groups attached to an aromatic ring is 1. The van der Waals surface area contributed by atoms with E-state index in [1.54, 1.807) is 16.9 Å². The standard InChI is InChI=1S/C18H15BrFN5S/c1-18(5-3-4-12-15(18)16(22-2)17(21)26-12)10-8-23-25(9-10)14-7-11(19)6-13(20)24-14/h6-9H,3-5,21H2,1H3. The summed E-state index contributed by atoms with van der Waals surface area (Å²) in [6.45, 7) is 9.67. The Hall–Kier alpha value is -2.24. The number of fused-ring (bicyclic) bond motifs is 1. The Labute approximate surface area is 162 Å². The molecule has 0 spiro atoms. The highest BCUT2D eigenvalue weighted by atomic mass is 79.9. The van der Waals surface area contributed by atoms with Gasteiger partial charge in [-0.05, 0) is 41.3 Å². The van der Waals surface area contributed by atoms with Crippen LogP contribution in [-0.2, 0) is 11.8 Å². The van der Waals surface area contributed by atoms with Crippen LogP contribution < -0.4 is 5.73 Å². The van der Waals surface area contributed by atoms with Gasteiger partial charge in [0.1, 0.15) is 0 Å². The molecular weight excluding hydrogens is 417 g/mol. The van der Waals surface area contributed by atoms with Crippen LogP contribution >= 0.6 is 27.3 Å². The number of halogens is 2. The molecule has 0 bridgehead atoms. The SMILES string of the molecule is [C-]#[N+]c1c(N)sc2c1C(C)(c1cnn(-c3cc(Br)cc(F)n3)c1)CCC2. The van der Waals surface area contributed by atoms with Gasteiger partial charge in [-0.3, -0.25) is 0 Å². The predicted octanol–water partition coefficient (Wildman–Crippen LogP) is 5.01. The van der Waals surface area contributed by atoms with Gasteiger partial charge in [0.05, 0.1) is 17.8 Å². The van der Waals surface area contributed by atoms with Gasteiger partial charge < -0.3 is 5.73 Å². The van der Waals surface area contributed by atoms with Crippen molar-refractivity contribution in [2.24, 2.45) is 0 Å². The van der Waals surface area contributed by atoms with E-state index in [4.69, 9.17) is 12.3 Å². The number of aromatic nitrogens is 3. The van der Waals surface area contributed by atoms with E-state index in [1.807, 2.05) is 6.20 Å². The first-order chi connectivity index (χ1) is 12.4. The average Bonchev–Trinajstić information content (AvgIpc) is 3.19. The van der Waals surface area contributed by atoms with Gasteiger partial charge in [0, 0.05) is 22.2 Å². The fraction of sp³-hybridized carbons (Fsp3) is 0.278. The third-order valence-electron chi connectivity index (χ3n) is 4.93. The van der Waals surface area contributed by atoms with Gasteiger partial charge in [0.15, 0.2) is 5.82 Å². The van der Waals surface area contributed by atoms with Crippen molar-refractivity contribution in [1.82, 2.24) is 14.8 Å². The van der Waals surface area contributed by atoms with Crippen LogP contribution in [0, 0.1) is 12.5 Å². The van der Waals surface area contributed by atoms with Crippen molar-refractivity contribution in [2.75, 3.05) is 5.73 Å². The van der Waals surface area contributed by atoms with Crippen LogP contribution in [0.15, 0.2) is 29.0 Å². The molecule has 1 aliphatic rings. The molecule has 0 aromatic carbocycles. The Bertz CT molecular complexity index is 1030. The Morgan fingerprint density at radius 1 is 1.46 bits per heavy atom. The largest absolute Gasteiger partial charge is 0.399 e. The minimum Gasteiger partial charge on any atom is -0.399 e. The van der Waals surface area contributed by atoms with Crippen LogP contribution in [0.5, 0.6) is 0 Å². The van der Waals surface area contributed by atoms with Crippen LogP contribution in [0.1, 0.15) is 35.8 Å². The Balaban J connectivity index is 1.83. The van der Waals surface area contributed by atoms with Gasteiger partial charge in [-0.1, -0.05) is 22.9 Å². The summed E-state index contributed by atoms with van der Waals surface area (Å²) in [5.41, 5.74) is 8.30. The van der Waals surface area contributed by atoms with Crippen LogP contribution in [0.25, 0.3) is 10.7 Å². The number of anilines is 1. The maximum absolute atomic E-state index is 13.6. The maximum Gasteiger partial charge on any atom is 0.224 e. The number of hydrogen-bond acceptors (Lipinski definition) is 4. The van der Waals surface area contributed by atoms with Crippen LogP contribution in [0.2, 0.25) is 0 Å². The van der Waals surface area contributed by atoms with E-state index in [-0.39, 0.29) is 5.41 Å². The number of nitrogens with zero attached hydrogens (tertiary/aromatic N) is 4. The monoisotopic (exact) mass is 431 g/mol. The zero-order chi connectivity index (χ0) is 18.5. The quantitative estimate of drug-likeness (QED) is 0.458. The lowest BCUT2D eigenvalue weighted by molar-refractivity contribution is 0.472. The fourth-order valence-electron chi connectivity index (χ4n) is 3.66. The Kier molecular flexibility index (Phi) is 4.09. The molecule has 1 atom stereocenters. The van der Waals surface area contributed by atoms with Crippen molar-refractivity contribution in [3.63, 3.8) is 0 Å². The second-order valence-electron chi connectivity index (χ2n) is 6.55. The molecule has 3 aromatic heterocycles. The molecule has 3 aromatic rings. The van der Waals surface area contributed by atoms with Gasteiger partial charge in [0.2, 0.25) is 11.6 Å². The summed E-state index contributed by atoms with van der Waals surface area (Å²) >= 11 is 4.79. The molecule has 0 aliphatic heterocycles. The number of nitrogens with two attached hydrogens (primary N) is 1. The third-order valence-corrected chi connectivity index (χ3v) is 6.45. The first-order valence-corrected chi connectivity index (χ1v) is 9.71. The molecule has 1 aliphatic carbocycles. The molecule has 0 saturated heterocycles. The number of pyridine rings is 1. The van der Waals surface area contributed by atoms with E-state index in [0.29, 0.717) is 21.0 Å².